The molecular formula is C15H14O5. The van der Waals surface area contributed by atoms with Crippen LogP contribution in [-0.2, 0) is 0 Å². The molecule has 0 saturated carbocycles. The van der Waals surface area contributed by atoms with E-state index in [9.17, 15) is 15.0 Å². The molecule has 20 heavy (non-hydrogen) atoms. The number of benzene rings is 1. The SMILES string of the molecule is Cc1cc(=O)c2c(O)c3c(cc2o1)O[C@](C)(CO)C=C3. The number of aliphatic hydroxyl groups excluding tert-OH is 1. The summed E-state index contributed by atoms with van der Waals surface area (Å²) in [6, 6.07) is 2.90. The van der Waals surface area contributed by atoms with Crippen LogP contribution in [0.2, 0.25) is 0 Å². The minimum Gasteiger partial charge on any atom is -0.506 e. The summed E-state index contributed by atoms with van der Waals surface area (Å²) in [6.07, 6.45) is 3.29. The van der Waals surface area contributed by atoms with Crippen molar-refractivity contribution in [3.05, 3.63) is 39.8 Å². The Balaban J connectivity index is 2.33. The van der Waals surface area contributed by atoms with Gasteiger partial charge in [-0.2, -0.15) is 0 Å². The molecule has 0 radical (unpaired) electrons. The molecule has 1 aromatic carbocycles. The van der Waals surface area contributed by atoms with Gasteiger partial charge in [-0.25, -0.2) is 0 Å². The Morgan fingerprint density at radius 1 is 1.35 bits per heavy atom. The molecule has 5 nitrogen and oxygen atoms in total. The Hall–Kier alpha value is -2.27. The van der Waals surface area contributed by atoms with Crippen molar-refractivity contribution in [3.63, 3.8) is 0 Å². The highest BCUT2D eigenvalue weighted by Crippen LogP contribution is 2.40. The summed E-state index contributed by atoms with van der Waals surface area (Å²) >= 11 is 0. The molecule has 0 bridgehead atoms. The van der Waals surface area contributed by atoms with E-state index >= 15 is 0 Å². The van der Waals surface area contributed by atoms with E-state index in [1.165, 1.54) is 6.07 Å². The number of fused-ring (bicyclic) bond motifs is 2. The molecular weight excluding hydrogens is 260 g/mol. The summed E-state index contributed by atoms with van der Waals surface area (Å²) in [4.78, 5) is 12.0. The summed E-state index contributed by atoms with van der Waals surface area (Å²) in [5.74, 6) is 0.670. The monoisotopic (exact) mass is 274 g/mol. The first kappa shape index (κ1) is 12.7. The lowest BCUT2D eigenvalue weighted by Crippen LogP contribution is -2.35. The third-order valence-corrected chi connectivity index (χ3v) is 3.38. The fourth-order valence-electron chi connectivity index (χ4n) is 2.29. The predicted molar refractivity (Wildman–Crippen MR) is 74.0 cm³/mol. The van der Waals surface area contributed by atoms with Gasteiger partial charge >= 0.3 is 0 Å². The van der Waals surface area contributed by atoms with Gasteiger partial charge in [-0.05, 0) is 26.0 Å². The highest BCUT2D eigenvalue weighted by atomic mass is 16.5. The normalized spacial score (nSPS) is 20.8. The zero-order valence-electron chi connectivity index (χ0n) is 11.1. The lowest BCUT2D eigenvalue weighted by Gasteiger charge is -2.30. The van der Waals surface area contributed by atoms with Crippen LogP contribution in [0.25, 0.3) is 17.0 Å². The fraction of sp³-hybridized carbons (Fsp3) is 0.267. The molecule has 0 spiro atoms. The van der Waals surface area contributed by atoms with Crippen LogP contribution in [0.5, 0.6) is 11.5 Å². The smallest absolute Gasteiger partial charge is 0.196 e. The fourth-order valence-corrected chi connectivity index (χ4v) is 2.29. The van der Waals surface area contributed by atoms with Crippen LogP contribution in [0, 0.1) is 6.92 Å². The molecule has 2 heterocycles. The Bertz CT molecular complexity index is 787. The van der Waals surface area contributed by atoms with Crippen LogP contribution in [0.4, 0.5) is 0 Å². The first-order valence-electron chi connectivity index (χ1n) is 6.23. The van der Waals surface area contributed by atoms with Gasteiger partial charge in [0.15, 0.2) is 5.43 Å². The molecule has 3 rings (SSSR count). The molecule has 0 aliphatic carbocycles. The standard InChI is InChI=1S/C15H14O5/c1-8-5-10(17)13-12(19-8)6-11-9(14(13)18)3-4-15(2,7-16)20-11/h3-6,16,18H,7H2,1-2H3/t15-/m0/s1. The Morgan fingerprint density at radius 3 is 2.80 bits per heavy atom. The second-order valence-electron chi connectivity index (χ2n) is 5.14. The molecule has 1 aromatic heterocycles. The summed E-state index contributed by atoms with van der Waals surface area (Å²) in [5.41, 5.74) is -0.466. The van der Waals surface area contributed by atoms with Gasteiger partial charge in [-0.3, -0.25) is 4.79 Å². The molecule has 104 valence electrons. The molecule has 1 atom stereocenters. The first-order valence-corrected chi connectivity index (χ1v) is 6.23. The molecule has 0 saturated heterocycles. The van der Waals surface area contributed by atoms with Gasteiger partial charge in [0.25, 0.3) is 0 Å². The van der Waals surface area contributed by atoms with E-state index in [0.29, 0.717) is 17.1 Å². The Labute approximate surface area is 114 Å². The Morgan fingerprint density at radius 2 is 2.10 bits per heavy atom. The second-order valence-corrected chi connectivity index (χ2v) is 5.14. The quantitative estimate of drug-likeness (QED) is 0.831. The minimum absolute atomic E-state index is 0.134. The maximum absolute atomic E-state index is 12.0. The third-order valence-electron chi connectivity index (χ3n) is 3.38. The lowest BCUT2D eigenvalue weighted by atomic mass is 9.99. The van der Waals surface area contributed by atoms with E-state index in [-0.39, 0.29) is 28.8 Å². The van der Waals surface area contributed by atoms with Crippen molar-refractivity contribution >= 4 is 17.0 Å². The van der Waals surface area contributed by atoms with Crippen LogP contribution in [-0.4, -0.2) is 22.4 Å². The van der Waals surface area contributed by atoms with Crippen molar-refractivity contribution in [1.82, 2.24) is 0 Å². The van der Waals surface area contributed by atoms with Gasteiger partial charge in [-0.1, -0.05) is 0 Å². The van der Waals surface area contributed by atoms with Gasteiger partial charge in [0.1, 0.15) is 33.8 Å². The largest absolute Gasteiger partial charge is 0.506 e. The topological polar surface area (TPSA) is 79.9 Å². The maximum atomic E-state index is 12.0. The van der Waals surface area contributed by atoms with E-state index in [1.807, 2.05) is 0 Å². The van der Waals surface area contributed by atoms with Crippen molar-refractivity contribution < 1.29 is 19.4 Å². The van der Waals surface area contributed by atoms with E-state index in [1.54, 1.807) is 32.1 Å². The summed E-state index contributed by atoms with van der Waals surface area (Å²) in [5, 5.41) is 19.7. The summed E-state index contributed by atoms with van der Waals surface area (Å²) < 4.78 is 11.1. The molecule has 1 aliphatic heterocycles. The highest BCUT2D eigenvalue weighted by Gasteiger charge is 2.29. The van der Waals surface area contributed by atoms with Crippen LogP contribution < -0.4 is 10.2 Å². The highest BCUT2D eigenvalue weighted by molar-refractivity contribution is 5.90. The third kappa shape index (κ3) is 1.78. The first-order chi connectivity index (χ1) is 9.43. The molecule has 2 N–H and O–H groups in total. The zero-order chi connectivity index (χ0) is 14.5. The van der Waals surface area contributed by atoms with Crippen molar-refractivity contribution in [2.75, 3.05) is 6.61 Å². The number of aryl methyl sites for hydroxylation is 1. The second kappa shape index (κ2) is 4.11. The van der Waals surface area contributed by atoms with Crippen LogP contribution >= 0.6 is 0 Å². The van der Waals surface area contributed by atoms with Gasteiger partial charge in [0.05, 0.1) is 12.2 Å². The minimum atomic E-state index is -0.850. The molecule has 0 fully saturated rings. The number of aliphatic hydroxyl groups is 1. The number of hydrogen-bond donors (Lipinski definition) is 2. The van der Waals surface area contributed by atoms with Crippen molar-refractivity contribution in [3.8, 4) is 11.5 Å². The molecule has 0 amide bonds. The number of hydrogen-bond acceptors (Lipinski definition) is 5. The zero-order valence-corrected chi connectivity index (χ0v) is 11.1. The molecule has 5 heteroatoms. The number of phenolic OH excluding ortho intramolecular Hbond substituents is 1. The maximum Gasteiger partial charge on any atom is 0.196 e. The van der Waals surface area contributed by atoms with Gasteiger partial charge in [0.2, 0.25) is 0 Å². The van der Waals surface area contributed by atoms with Crippen LogP contribution in [0.3, 0.4) is 0 Å². The average molecular weight is 274 g/mol. The number of phenols is 1. The lowest BCUT2D eigenvalue weighted by molar-refractivity contribution is 0.0639. The van der Waals surface area contributed by atoms with Crippen LogP contribution in [0.1, 0.15) is 18.2 Å². The van der Waals surface area contributed by atoms with Gasteiger partial charge < -0.3 is 19.4 Å². The molecule has 0 unspecified atom stereocenters. The van der Waals surface area contributed by atoms with Gasteiger partial charge in [0, 0.05) is 12.1 Å². The van der Waals surface area contributed by atoms with E-state index in [4.69, 9.17) is 9.15 Å². The number of ether oxygens (including phenoxy) is 1. The predicted octanol–water partition coefficient (Wildman–Crippen LogP) is 1.96. The van der Waals surface area contributed by atoms with E-state index < -0.39 is 5.60 Å². The number of rotatable bonds is 1. The molecule has 2 aromatic rings. The summed E-state index contributed by atoms with van der Waals surface area (Å²) in [7, 11) is 0. The summed E-state index contributed by atoms with van der Waals surface area (Å²) in [6.45, 7) is 3.19. The average Bonchev–Trinajstić information content (AvgIpc) is 2.37. The van der Waals surface area contributed by atoms with E-state index in [2.05, 4.69) is 0 Å². The van der Waals surface area contributed by atoms with Crippen molar-refractivity contribution in [2.45, 2.75) is 19.4 Å². The van der Waals surface area contributed by atoms with Crippen molar-refractivity contribution in [1.29, 1.82) is 0 Å². The number of aromatic hydroxyl groups is 1. The van der Waals surface area contributed by atoms with Crippen molar-refractivity contribution in [2.24, 2.45) is 0 Å². The van der Waals surface area contributed by atoms with Gasteiger partial charge in [-0.15, -0.1) is 0 Å². The van der Waals surface area contributed by atoms with Crippen LogP contribution in [0.15, 0.2) is 27.4 Å². The van der Waals surface area contributed by atoms with E-state index in [0.717, 1.165) is 0 Å². The molecule has 1 aliphatic rings. The Kier molecular flexibility index (Phi) is 2.62.